The normalized spacial score (nSPS) is 14.1. The zero-order valence-corrected chi connectivity index (χ0v) is 12.5. The Morgan fingerprint density at radius 2 is 2.05 bits per heavy atom. The van der Waals surface area contributed by atoms with E-state index < -0.39 is 26.8 Å². The Balaban J connectivity index is 2.29. The van der Waals surface area contributed by atoms with Crippen LogP contribution in [0.4, 0.5) is 13.2 Å². The largest absolute Gasteiger partial charge is 0.416 e. The average Bonchev–Trinajstić information content (AvgIpc) is 2.89. The summed E-state index contributed by atoms with van der Waals surface area (Å²) >= 11 is 0.950. The van der Waals surface area contributed by atoms with Crippen LogP contribution in [0.3, 0.4) is 0 Å². The predicted molar refractivity (Wildman–Crippen MR) is 72.4 cm³/mol. The van der Waals surface area contributed by atoms with Gasteiger partial charge < -0.3 is 0 Å². The third kappa shape index (κ3) is 3.79. The van der Waals surface area contributed by atoms with Crippen LogP contribution in [0.15, 0.2) is 30.5 Å². The van der Waals surface area contributed by atoms with Gasteiger partial charge in [0.2, 0.25) is 0 Å². The topological polar surface area (TPSA) is 59.9 Å². The molecule has 0 aliphatic heterocycles. The first-order valence-corrected chi connectivity index (χ1v) is 8.34. The molecule has 1 aromatic carbocycles. The molecule has 2 rings (SSSR count). The summed E-state index contributed by atoms with van der Waals surface area (Å²) in [7, 11) is -3.64. The Morgan fingerprint density at radius 1 is 1.33 bits per heavy atom. The van der Waals surface area contributed by atoms with E-state index in [1.165, 1.54) is 25.3 Å². The molecule has 2 aromatic rings. The Hall–Kier alpha value is -1.48. The van der Waals surface area contributed by atoms with Crippen LogP contribution in [0.1, 0.15) is 28.2 Å². The summed E-state index contributed by atoms with van der Waals surface area (Å²) in [5.41, 5.74) is -0.746. The van der Waals surface area contributed by atoms with Gasteiger partial charge in [-0.25, -0.2) is 8.42 Å². The van der Waals surface area contributed by atoms with E-state index >= 15 is 0 Å². The molecule has 0 fully saturated rings. The van der Waals surface area contributed by atoms with Gasteiger partial charge in [-0.15, -0.1) is 5.10 Å². The molecule has 0 aliphatic carbocycles. The van der Waals surface area contributed by atoms with Crippen molar-refractivity contribution in [3.63, 3.8) is 0 Å². The van der Waals surface area contributed by atoms with Gasteiger partial charge in [0.1, 0.15) is 0 Å². The van der Waals surface area contributed by atoms with E-state index in [2.05, 4.69) is 9.59 Å². The molecular weight excluding hydrogens is 325 g/mol. The number of alkyl halides is 3. The third-order valence-electron chi connectivity index (χ3n) is 2.97. The monoisotopic (exact) mass is 336 g/mol. The SMILES string of the molecule is CC(c1cccc(C(F)(F)F)c1)S(=O)(=O)Cc1cnns1. The van der Waals surface area contributed by atoms with Gasteiger partial charge in [0, 0.05) is 0 Å². The highest BCUT2D eigenvalue weighted by Gasteiger charge is 2.32. The quantitative estimate of drug-likeness (QED) is 0.860. The Labute approximate surface area is 123 Å². The van der Waals surface area contributed by atoms with Crippen molar-refractivity contribution >= 4 is 21.4 Å². The smallest absolute Gasteiger partial charge is 0.228 e. The maximum absolute atomic E-state index is 12.7. The Bertz CT molecular complexity index is 712. The van der Waals surface area contributed by atoms with Gasteiger partial charge in [-0.05, 0) is 30.1 Å². The molecule has 0 saturated carbocycles. The second-order valence-electron chi connectivity index (χ2n) is 4.46. The molecule has 1 unspecified atom stereocenters. The van der Waals surface area contributed by atoms with Crippen LogP contribution >= 0.6 is 11.5 Å². The highest BCUT2D eigenvalue weighted by Crippen LogP contribution is 2.33. The Morgan fingerprint density at radius 3 is 2.62 bits per heavy atom. The fraction of sp³-hybridized carbons (Fsp3) is 0.333. The standard InChI is InChI=1S/C12H11F3N2O2S2/c1-8(21(18,19)7-11-6-16-17-20-11)9-3-2-4-10(5-9)12(13,14)15/h2-6,8H,7H2,1H3. The van der Waals surface area contributed by atoms with E-state index in [4.69, 9.17) is 0 Å². The average molecular weight is 336 g/mol. The van der Waals surface area contributed by atoms with Crippen LogP contribution in [0.5, 0.6) is 0 Å². The van der Waals surface area contributed by atoms with Crippen LogP contribution in [0.25, 0.3) is 0 Å². The molecule has 9 heteroatoms. The molecule has 4 nitrogen and oxygen atoms in total. The molecule has 0 aliphatic rings. The minimum Gasteiger partial charge on any atom is -0.228 e. The maximum atomic E-state index is 12.7. The first-order chi connectivity index (χ1) is 9.70. The predicted octanol–water partition coefficient (Wildman–Crippen LogP) is 3.23. The summed E-state index contributed by atoms with van der Waals surface area (Å²) in [6.07, 6.45) is -3.16. The fourth-order valence-electron chi connectivity index (χ4n) is 1.75. The Kier molecular flexibility index (Phi) is 4.33. The summed E-state index contributed by atoms with van der Waals surface area (Å²) in [6, 6.07) is 4.36. The van der Waals surface area contributed by atoms with Crippen molar-refractivity contribution in [3.05, 3.63) is 46.5 Å². The van der Waals surface area contributed by atoms with Crippen LogP contribution < -0.4 is 0 Å². The first-order valence-electron chi connectivity index (χ1n) is 5.85. The lowest BCUT2D eigenvalue weighted by atomic mass is 10.1. The molecule has 114 valence electrons. The number of halogens is 3. The number of aromatic nitrogens is 2. The van der Waals surface area contributed by atoms with E-state index in [0.29, 0.717) is 4.88 Å². The number of hydrogen-bond donors (Lipinski definition) is 0. The minimum absolute atomic E-state index is 0.113. The molecule has 0 radical (unpaired) electrons. The number of hydrogen-bond acceptors (Lipinski definition) is 5. The van der Waals surface area contributed by atoms with Gasteiger partial charge in [-0.3, -0.25) is 0 Å². The highest BCUT2D eigenvalue weighted by molar-refractivity contribution is 7.91. The van der Waals surface area contributed by atoms with Gasteiger partial charge in [-0.2, -0.15) is 13.2 Å². The molecule has 0 saturated heterocycles. The van der Waals surface area contributed by atoms with Gasteiger partial charge >= 0.3 is 6.18 Å². The zero-order valence-electron chi connectivity index (χ0n) is 10.8. The van der Waals surface area contributed by atoms with Crippen LogP contribution in [0, 0.1) is 0 Å². The van der Waals surface area contributed by atoms with Crippen molar-refractivity contribution in [2.45, 2.75) is 24.1 Å². The van der Waals surface area contributed by atoms with E-state index in [1.807, 2.05) is 0 Å². The number of rotatable bonds is 4. The number of nitrogens with zero attached hydrogens (tertiary/aromatic N) is 2. The molecule has 1 heterocycles. The van der Waals surface area contributed by atoms with Crippen LogP contribution in [-0.4, -0.2) is 18.0 Å². The summed E-state index contributed by atoms with van der Waals surface area (Å²) in [4.78, 5) is 0.453. The van der Waals surface area contributed by atoms with Crippen molar-refractivity contribution in [1.82, 2.24) is 9.59 Å². The van der Waals surface area contributed by atoms with Crippen molar-refractivity contribution < 1.29 is 21.6 Å². The van der Waals surface area contributed by atoms with E-state index in [0.717, 1.165) is 23.7 Å². The van der Waals surface area contributed by atoms with Gasteiger partial charge in [0.05, 0.1) is 27.6 Å². The molecule has 1 aromatic heterocycles. The van der Waals surface area contributed by atoms with Crippen LogP contribution in [-0.2, 0) is 21.8 Å². The molecule has 21 heavy (non-hydrogen) atoms. The minimum atomic E-state index is -4.50. The summed E-state index contributed by atoms with van der Waals surface area (Å²) in [6.45, 7) is 1.37. The highest BCUT2D eigenvalue weighted by atomic mass is 32.2. The van der Waals surface area contributed by atoms with Crippen molar-refractivity contribution in [1.29, 1.82) is 0 Å². The fourth-order valence-corrected chi connectivity index (χ4v) is 4.03. The lowest BCUT2D eigenvalue weighted by Crippen LogP contribution is -2.13. The summed E-state index contributed by atoms with van der Waals surface area (Å²) < 4.78 is 66.0. The molecule has 0 spiro atoms. The molecule has 1 atom stereocenters. The number of sulfone groups is 1. The van der Waals surface area contributed by atoms with Gasteiger partial charge in [0.15, 0.2) is 9.84 Å². The van der Waals surface area contributed by atoms with Gasteiger partial charge in [0.25, 0.3) is 0 Å². The lowest BCUT2D eigenvalue weighted by molar-refractivity contribution is -0.137. The van der Waals surface area contributed by atoms with Crippen molar-refractivity contribution in [3.8, 4) is 0 Å². The summed E-state index contributed by atoms with van der Waals surface area (Å²) in [5.74, 6) is -0.290. The molecule has 0 N–H and O–H groups in total. The molecule has 0 bridgehead atoms. The lowest BCUT2D eigenvalue weighted by Gasteiger charge is -2.14. The van der Waals surface area contributed by atoms with E-state index in [9.17, 15) is 21.6 Å². The van der Waals surface area contributed by atoms with Gasteiger partial charge in [-0.1, -0.05) is 22.7 Å². The zero-order chi connectivity index (χ0) is 15.7. The summed E-state index contributed by atoms with van der Waals surface area (Å²) in [5, 5.41) is 2.50. The second kappa shape index (κ2) is 5.72. The van der Waals surface area contributed by atoms with Crippen molar-refractivity contribution in [2.24, 2.45) is 0 Å². The molecular formula is C12H11F3N2O2S2. The van der Waals surface area contributed by atoms with Crippen molar-refractivity contribution in [2.75, 3.05) is 0 Å². The van der Waals surface area contributed by atoms with E-state index in [-0.39, 0.29) is 11.3 Å². The number of benzene rings is 1. The first kappa shape index (κ1) is 15.9. The molecule has 0 amide bonds. The third-order valence-corrected chi connectivity index (χ3v) is 5.88. The maximum Gasteiger partial charge on any atom is 0.416 e. The second-order valence-corrected chi connectivity index (χ2v) is 7.65. The van der Waals surface area contributed by atoms with Crippen LogP contribution in [0.2, 0.25) is 0 Å². The van der Waals surface area contributed by atoms with E-state index in [1.54, 1.807) is 0 Å².